The van der Waals surface area contributed by atoms with Gasteiger partial charge < -0.3 is 18.3 Å². The highest BCUT2D eigenvalue weighted by Gasteiger charge is 2.20. The second-order valence-electron chi connectivity index (χ2n) is 11.0. The number of rotatable bonds is 18. The predicted molar refractivity (Wildman–Crippen MR) is 183 cm³/mol. The molecule has 4 nitrogen and oxygen atoms in total. The van der Waals surface area contributed by atoms with Crippen molar-refractivity contribution in [1.82, 2.24) is 0 Å². The SMILES string of the molecule is CCCCOCCCCc1coc(-c2cc3c(s2)sc2c4cc(-c5cc(CCCCOCCCC)co5)sc4sc32)c1. The maximum atomic E-state index is 6.01. The molecule has 0 saturated carbocycles. The Labute approximate surface area is 264 Å². The molecule has 0 bridgehead atoms. The van der Waals surface area contributed by atoms with Crippen LogP contribution in [0.3, 0.4) is 0 Å². The summed E-state index contributed by atoms with van der Waals surface area (Å²) in [5, 5.41) is 2.73. The Morgan fingerprint density at radius 1 is 0.548 bits per heavy atom. The van der Waals surface area contributed by atoms with Crippen LogP contribution in [0.1, 0.15) is 76.3 Å². The number of hydrogen-bond acceptors (Lipinski definition) is 8. The summed E-state index contributed by atoms with van der Waals surface area (Å²) in [6.07, 6.45) is 15.1. The summed E-state index contributed by atoms with van der Waals surface area (Å²) in [4.78, 5) is 2.45. The molecule has 0 aliphatic heterocycles. The van der Waals surface area contributed by atoms with E-state index in [9.17, 15) is 0 Å². The zero-order chi connectivity index (χ0) is 28.7. The van der Waals surface area contributed by atoms with Gasteiger partial charge in [-0.1, -0.05) is 26.7 Å². The smallest absolute Gasteiger partial charge is 0.144 e. The third kappa shape index (κ3) is 7.06. The van der Waals surface area contributed by atoms with Gasteiger partial charge in [-0.3, -0.25) is 0 Å². The molecule has 0 radical (unpaired) electrons. The van der Waals surface area contributed by atoms with E-state index in [0.717, 1.165) is 89.3 Å². The molecule has 224 valence electrons. The third-order valence-corrected chi connectivity index (χ3v) is 12.7. The maximum Gasteiger partial charge on any atom is 0.144 e. The number of furan rings is 2. The third-order valence-electron chi connectivity index (χ3n) is 7.57. The first-order chi connectivity index (χ1) is 20.7. The minimum absolute atomic E-state index is 0.861. The average Bonchev–Trinajstić information content (AvgIpc) is 3.82. The number of hydrogen-bond donors (Lipinski definition) is 0. The van der Waals surface area contributed by atoms with Gasteiger partial charge in [-0.25, -0.2) is 0 Å². The summed E-state index contributed by atoms with van der Waals surface area (Å²) in [5.41, 5.74) is 2.56. The Morgan fingerprint density at radius 2 is 1.00 bits per heavy atom. The molecule has 6 aromatic rings. The van der Waals surface area contributed by atoms with Gasteiger partial charge in [0.1, 0.15) is 11.5 Å². The van der Waals surface area contributed by atoms with Gasteiger partial charge in [-0.15, -0.1) is 45.3 Å². The van der Waals surface area contributed by atoms with Gasteiger partial charge in [0.2, 0.25) is 0 Å². The first-order valence-electron chi connectivity index (χ1n) is 15.4. The summed E-state index contributed by atoms with van der Waals surface area (Å²) in [5.74, 6) is 1.98. The van der Waals surface area contributed by atoms with Crippen molar-refractivity contribution < 1.29 is 18.3 Å². The Kier molecular flexibility index (Phi) is 10.5. The zero-order valence-electron chi connectivity index (χ0n) is 24.6. The minimum atomic E-state index is 0.861. The molecule has 0 atom stereocenters. The van der Waals surface area contributed by atoms with Crippen molar-refractivity contribution in [3.8, 4) is 21.3 Å². The Hall–Kier alpha value is -1.94. The molecule has 0 aliphatic carbocycles. The van der Waals surface area contributed by atoms with E-state index in [1.807, 2.05) is 57.9 Å². The molecular formula is C34H40O4S4. The summed E-state index contributed by atoms with van der Waals surface area (Å²) in [7, 11) is 0. The summed E-state index contributed by atoms with van der Waals surface area (Å²) in [6.45, 7) is 7.90. The van der Waals surface area contributed by atoms with Crippen LogP contribution in [-0.4, -0.2) is 26.4 Å². The molecule has 0 unspecified atom stereocenters. The molecule has 0 fully saturated rings. The van der Waals surface area contributed by atoms with Gasteiger partial charge in [-0.05, 0) is 86.8 Å². The van der Waals surface area contributed by atoms with E-state index in [4.69, 9.17) is 18.3 Å². The first-order valence-corrected chi connectivity index (χ1v) is 18.7. The van der Waals surface area contributed by atoms with Gasteiger partial charge in [0.25, 0.3) is 0 Å². The van der Waals surface area contributed by atoms with Crippen molar-refractivity contribution in [1.29, 1.82) is 0 Å². The summed E-state index contributed by atoms with van der Waals surface area (Å²) < 4.78 is 29.0. The summed E-state index contributed by atoms with van der Waals surface area (Å²) >= 11 is 7.53. The highest BCUT2D eigenvalue weighted by molar-refractivity contribution is 7.50. The Bertz CT molecular complexity index is 1570. The van der Waals surface area contributed by atoms with E-state index in [2.05, 4.69) is 38.1 Å². The van der Waals surface area contributed by atoms with Gasteiger partial charge >= 0.3 is 0 Å². The van der Waals surface area contributed by atoms with Crippen LogP contribution in [-0.2, 0) is 22.3 Å². The second-order valence-corrected chi connectivity index (χ2v) is 15.6. The lowest BCUT2D eigenvalue weighted by atomic mass is 10.1. The van der Waals surface area contributed by atoms with E-state index in [1.54, 1.807) is 0 Å². The number of unbranched alkanes of at least 4 members (excludes halogenated alkanes) is 4. The number of ether oxygens (including phenoxy) is 2. The highest BCUT2D eigenvalue weighted by atomic mass is 32.2. The van der Waals surface area contributed by atoms with E-state index in [0.29, 0.717) is 0 Å². The van der Waals surface area contributed by atoms with E-state index >= 15 is 0 Å². The van der Waals surface area contributed by atoms with Crippen molar-refractivity contribution >= 4 is 73.5 Å². The van der Waals surface area contributed by atoms with Crippen LogP contribution >= 0.6 is 45.3 Å². The molecule has 0 saturated heterocycles. The molecule has 6 heterocycles. The number of thiophene rings is 4. The van der Waals surface area contributed by atoms with Crippen molar-refractivity contribution in [3.05, 3.63) is 47.9 Å². The summed E-state index contributed by atoms with van der Waals surface area (Å²) in [6, 6.07) is 9.11. The van der Waals surface area contributed by atoms with E-state index in [1.165, 1.54) is 61.9 Å². The molecule has 0 amide bonds. The van der Waals surface area contributed by atoms with Crippen molar-refractivity contribution in [2.75, 3.05) is 26.4 Å². The van der Waals surface area contributed by atoms with Gasteiger partial charge in [-0.2, -0.15) is 0 Å². The fourth-order valence-electron chi connectivity index (χ4n) is 5.13. The topological polar surface area (TPSA) is 44.7 Å². The largest absolute Gasteiger partial charge is 0.463 e. The molecular weight excluding hydrogens is 601 g/mol. The van der Waals surface area contributed by atoms with Gasteiger partial charge in [0, 0.05) is 37.2 Å². The first kappa shape index (κ1) is 30.1. The predicted octanol–water partition coefficient (Wildman–Crippen LogP) is 12.2. The van der Waals surface area contributed by atoms with Crippen LogP contribution in [0.4, 0.5) is 0 Å². The molecule has 0 aliphatic rings. The van der Waals surface area contributed by atoms with Crippen molar-refractivity contribution in [3.63, 3.8) is 0 Å². The molecule has 6 rings (SSSR count). The van der Waals surface area contributed by atoms with Crippen LogP contribution in [0.15, 0.2) is 45.6 Å². The number of fused-ring (bicyclic) bond motifs is 5. The molecule has 42 heavy (non-hydrogen) atoms. The number of aryl methyl sites for hydroxylation is 2. The molecule has 0 spiro atoms. The maximum absolute atomic E-state index is 6.01. The zero-order valence-corrected chi connectivity index (χ0v) is 27.9. The lowest BCUT2D eigenvalue weighted by molar-refractivity contribution is 0.127. The quantitative estimate of drug-likeness (QED) is 0.0877. The fourth-order valence-corrected chi connectivity index (χ4v) is 10.6. The fraction of sp³-hybridized carbons (Fsp3) is 0.471. The van der Waals surface area contributed by atoms with Crippen LogP contribution in [0.25, 0.3) is 49.5 Å². The lowest BCUT2D eigenvalue weighted by Crippen LogP contribution is -1.97. The average molecular weight is 641 g/mol. The highest BCUT2D eigenvalue weighted by Crippen LogP contribution is 2.52. The molecule has 6 aromatic heterocycles. The van der Waals surface area contributed by atoms with Gasteiger partial charge in [0.15, 0.2) is 0 Å². The second kappa shape index (κ2) is 14.7. The van der Waals surface area contributed by atoms with Crippen molar-refractivity contribution in [2.45, 2.75) is 78.1 Å². The lowest BCUT2D eigenvalue weighted by Gasteiger charge is -2.02. The Morgan fingerprint density at radius 3 is 1.45 bits per heavy atom. The monoisotopic (exact) mass is 640 g/mol. The normalized spacial score (nSPS) is 12.1. The van der Waals surface area contributed by atoms with Crippen LogP contribution in [0.2, 0.25) is 0 Å². The van der Waals surface area contributed by atoms with Crippen LogP contribution < -0.4 is 0 Å². The molecule has 8 heteroatoms. The van der Waals surface area contributed by atoms with Crippen LogP contribution in [0.5, 0.6) is 0 Å². The standard InChI is InChI=1S/C34H40O4S4/c1-3-5-13-35-15-9-7-11-23-17-27(37-21-23)29-19-25-31-32(41-33(25)39-29)26-20-30(40-34(26)42-31)28-18-24(22-38-28)12-8-10-16-36-14-6-4-2/h17-22H,3-16H2,1-2H3. The van der Waals surface area contributed by atoms with E-state index in [-0.39, 0.29) is 0 Å². The Balaban J connectivity index is 1.07. The molecule has 0 N–H and O–H groups in total. The van der Waals surface area contributed by atoms with Crippen molar-refractivity contribution in [2.24, 2.45) is 0 Å². The minimum Gasteiger partial charge on any atom is -0.463 e. The van der Waals surface area contributed by atoms with Gasteiger partial charge in [0.05, 0.1) is 39.7 Å². The van der Waals surface area contributed by atoms with Crippen LogP contribution in [0, 0.1) is 0 Å². The van der Waals surface area contributed by atoms with E-state index < -0.39 is 0 Å². The molecule has 0 aromatic carbocycles.